The highest BCUT2D eigenvalue weighted by atomic mass is 15.3. The van der Waals surface area contributed by atoms with Crippen LogP contribution in [0.3, 0.4) is 0 Å². The lowest BCUT2D eigenvalue weighted by Gasteiger charge is -2.08. The van der Waals surface area contributed by atoms with Crippen molar-refractivity contribution < 1.29 is 0 Å². The summed E-state index contributed by atoms with van der Waals surface area (Å²) < 4.78 is 1.93. The summed E-state index contributed by atoms with van der Waals surface area (Å²) in [6, 6.07) is 3.75. The van der Waals surface area contributed by atoms with Crippen LogP contribution in [-0.4, -0.2) is 14.8 Å². The second kappa shape index (κ2) is 4.90. The first-order chi connectivity index (χ1) is 7.81. The minimum Gasteiger partial charge on any atom is -0.320 e. The van der Waals surface area contributed by atoms with Gasteiger partial charge in [0.1, 0.15) is 0 Å². The zero-order valence-corrected chi connectivity index (χ0v) is 9.37. The van der Waals surface area contributed by atoms with Gasteiger partial charge in [0.2, 0.25) is 0 Å². The average Bonchev–Trinajstić information content (AvgIpc) is 2.78. The highest BCUT2D eigenvalue weighted by Gasteiger charge is 2.10. The number of nitrogens with zero attached hydrogens (tertiary/aromatic N) is 3. The maximum atomic E-state index is 6.14. The molecule has 0 aromatic carbocycles. The minimum atomic E-state index is -0.117. The molecule has 2 heterocycles. The predicted molar refractivity (Wildman–Crippen MR) is 62.8 cm³/mol. The van der Waals surface area contributed by atoms with Crippen LogP contribution in [0, 0.1) is 0 Å². The van der Waals surface area contributed by atoms with E-state index in [2.05, 4.69) is 17.0 Å². The molecular formula is C12H16N4. The lowest BCUT2D eigenvalue weighted by atomic mass is 10.0. The molecule has 0 saturated heterocycles. The molecule has 0 spiro atoms. The van der Waals surface area contributed by atoms with Gasteiger partial charge in [0.25, 0.3) is 0 Å². The Balaban J connectivity index is 2.17. The number of hydrogen-bond acceptors (Lipinski definition) is 3. The number of aromatic nitrogens is 3. The Kier molecular flexibility index (Phi) is 3.31. The molecule has 0 aliphatic heterocycles. The molecule has 0 aliphatic rings. The summed E-state index contributed by atoms with van der Waals surface area (Å²) in [5.41, 5.74) is 8.25. The molecule has 0 aliphatic carbocycles. The van der Waals surface area contributed by atoms with Crippen molar-refractivity contribution in [2.75, 3.05) is 0 Å². The largest absolute Gasteiger partial charge is 0.320 e. The van der Waals surface area contributed by atoms with Crippen molar-refractivity contribution in [3.63, 3.8) is 0 Å². The molecule has 16 heavy (non-hydrogen) atoms. The maximum absolute atomic E-state index is 6.14. The molecule has 0 radical (unpaired) electrons. The van der Waals surface area contributed by atoms with Gasteiger partial charge in [-0.15, -0.1) is 0 Å². The minimum absolute atomic E-state index is 0.117. The molecule has 4 nitrogen and oxygen atoms in total. The van der Waals surface area contributed by atoms with Crippen LogP contribution in [0.1, 0.15) is 30.5 Å². The normalized spacial score (nSPS) is 12.6. The van der Waals surface area contributed by atoms with Gasteiger partial charge in [-0.2, -0.15) is 5.10 Å². The smallest absolute Gasteiger partial charge is 0.0583 e. The van der Waals surface area contributed by atoms with E-state index in [4.69, 9.17) is 5.73 Å². The molecule has 0 saturated carbocycles. The Labute approximate surface area is 95.1 Å². The second-order valence-corrected chi connectivity index (χ2v) is 3.79. The molecule has 0 fully saturated rings. The van der Waals surface area contributed by atoms with Gasteiger partial charge in [-0.05, 0) is 24.1 Å². The van der Waals surface area contributed by atoms with E-state index in [1.807, 2.05) is 29.2 Å². The maximum Gasteiger partial charge on any atom is 0.0583 e. The molecule has 1 atom stereocenters. The van der Waals surface area contributed by atoms with Crippen LogP contribution < -0.4 is 5.73 Å². The molecule has 0 bridgehead atoms. The molecular weight excluding hydrogens is 200 g/mol. The summed E-state index contributed by atoms with van der Waals surface area (Å²) in [5.74, 6) is 0. The number of rotatable bonds is 4. The van der Waals surface area contributed by atoms with E-state index in [-0.39, 0.29) is 6.04 Å². The van der Waals surface area contributed by atoms with Gasteiger partial charge in [-0.1, -0.05) is 6.92 Å². The Morgan fingerprint density at radius 1 is 1.31 bits per heavy atom. The number of hydrogen-bond donors (Lipinski definition) is 1. The van der Waals surface area contributed by atoms with Gasteiger partial charge in [-0.3, -0.25) is 9.67 Å². The lowest BCUT2D eigenvalue weighted by Crippen LogP contribution is -2.11. The molecule has 2 N–H and O–H groups in total. The Bertz CT molecular complexity index is 435. The first kappa shape index (κ1) is 10.8. The lowest BCUT2D eigenvalue weighted by molar-refractivity contribution is 0.602. The van der Waals surface area contributed by atoms with Crippen LogP contribution in [0.25, 0.3) is 0 Å². The summed E-state index contributed by atoms with van der Waals surface area (Å²) in [6.45, 7) is 3.06. The summed E-state index contributed by atoms with van der Waals surface area (Å²) in [6.07, 6.45) is 8.43. The van der Waals surface area contributed by atoms with Crippen molar-refractivity contribution in [2.45, 2.75) is 25.9 Å². The third kappa shape index (κ3) is 2.28. The van der Waals surface area contributed by atoms with Gasteiger partial charge in [0.05, 0.1) is 12.2 Å². The molecule has 2 aromatic rings. The van der Waals surface area contributed by atoms with Gasteiger partial charge >= 0.3 is 0 Å². The zero-order chi connectivity index (χ0) is 11.4. The summed E-state index contributed by atoms with van der Waals surface area (Å²) in [7, 11) is 0. The van der Waals surface area contributed by atoms with E-state index in [0.717, 1.165) is 24.1 Å². The van der Waals surface area contributed by atoms with Crippen LogP contribution in [0.5, 0.6) is 0 Å². The van der Waals surface area contributed by atoms with Crippen LogP contribution in [0.4, 0.5) is 0 Å². The van der Waals surface area contributed by atoms with Crippen LogP contribution in [-0.2, 0) is 6.54 Å². The Morgan fingerprint density at radius 3 is 2.75 bits per heavy atom. The van der Waals surface area contributed by atoms with E-state index in [1.54, 1.807) is 12.4 Å². The Hall–Kier alpha value is -1.68. The third-order valence-electron chi connectivity index (χ3n) is 2.53. The molecule has 84 valence electrons. The van der Waals surface area contributed by atoms with Crippen molar-refractivity contribution in [1.29, 1.82) is 0 Å². The van der Waals surface area contributed by atoms with Crippen molar-refractivity contribution in [2.24, 2.45) is 5.73 Å². The standard InChI is InChI=1S/C12H16N4/c1-2-7-16-9-11(8-15-16)12(13)10-3-5-14-6-4-10/h3-6,8-9,12H,2,7,13H2,1H3. The number of aryl methyl sites for hydroxylation is 1. The average molecular weight is 216 g/mol. The molecule has 2 aromatic heterocycles. The summed E-state index contributed by atoms with van der Waals surface area (Å²) >= 11 is 0. The molecule has 2 rings (SSSR count). The fourth-order valence-corrected chi connectivity index (χ4v) is 1.65. The molecule has 4 heteroatoms. The van der Waals surface area contributed by atoms with E-state index in [1.165, 1.54) is 0 Å². The van der Waals surface area contributed by atoms with Gasteiger partial charge in [-0.25, -0.2) is 0 Å². The van der Waals surface area contributed by atoms with Gasteiger partial charge in [0, 0.05) is 30.7 Å². The molecule has 1 unspecified atom stereocenters. The summed E-state index contributed by atoms with van der Waals surface area (Å²) in [4.78, 5) is 3.98. The summed E-state index contributed by atoms with van der Waals surface area (Å²) in [5, 5.41) is 4.27. The number of nitrogens with two attached hydrogens (primary N) is 1. The second-order valence-electron chi connectivity index (χ2n) is 3.79. The van der Waals surface area contributed by atoms with E-state index >= 15 is 0 Å². The third-order valence-corrected chi connectivity index (χ3v) is 2.53. The van der Waals surface area contributed by atoms with Crippen molar-refractivity contribution in [3.05, 3.63) is 48.0 Å². The quantitative estimate of drug-likeness (QED) is 0.846. The monoisotopic (exact) mass is 216 g/mol. The predicted octanol–water partition coefficient (Wildman–Crippen LogP) is 1.74. The van der Waals surface area contributed by atoms with Crippen molar-refractivity contribution in [3.8, 4) is 0 Å². The number of pyridine rings is 1. The fourth-order valence-electron chi connectivity index (χ4n) is 1.65. The van der Waals surface area contributed by atoms with E-state index in [0.29, 0.717) is 0 Å². The van der Waals surface area contributed by atoms with Crippen LogP contribution in [0.2, 0.25) is 0 Å². The van der Waals surface area contributed by atoms with E-state index < -0.39 is 0 Å². The Morgan fingerprint density at radius 2 is 2.06 bits per heavy atom. The van der Waals surface area contributed by atoms with E-state index in [9.17, 15) is 0 Å². The van der Waals surface area contributed by atoms with Gasteiger partial charge < -0.3 is 5.73 Å². The van der Waals surface area contributed by atoms with Crippen molar-refractivity contribution in [1.82, 2.24) is 14.8 Å². The van der Waals surface area contributed by atoms with Gasteiger partial charge in [0.15, 0.2) is 0 Å². The highest BCUT2D eigenvalue weighted by molar-refractivity contribution is 5.26. The first-order valence-corrected chi connectivity index (χ1v) is 5.49. The van der Waals surface area contributed by atoms with Crippen molar-refractivity contribution >= 4 is 0 Å². The highest BCUT2D eigenvalue weighted by Crippen LogP contribution is 2.17. The first-order valence-electron chi connectivity index (χ1n) is 5.49. The van der Waals surface area contributed by atoms with Crippen LogP contribution in [0.15, 0.2) is 36.9 Å². The van der Waals surface area contributed by atoms with Crippen LogP contribution >= 0.6 is 0 Å². The SMILES string of the molecule is CCCn1cc(C(N)c2ccncc2)cn1. The molecule has 0 amide bonds. The topological polar surface area (TPSA) is 56.7 Å². The fraction of sp³-hybridized carbons (Fsp3) is 0.333. The zero-order valence-electron chi connectivity index (χ0n) is 9.37.